The molecule has 0 atom stereocenters. The minimum absolute atomic E-state index is 0.623. The lowest BCUT2D eigenvalue weighted by Gasteiger charge is -1.96. The van der Waals surface area contributed by atoms with E-state index in [4.69, 9.17) is 11.5 Å². The van der Waals surface area contributed by atoms with Crippen molar-refractivity contribution < 1.29 is 0 Å². The van der Waals surface area contributed by atoms with Crippen molar-refractivity contribution >= 4 is 15.9 Å². The molecule has 0 radical (unpaired) electrons. The van der Waals surface area contributed by atoms with Crippen LogP contribution < -0.4 is 11.5 Å². The van der Waals surface area contributed by atoms with E-state index in [1.54, 1.807) is 6.20 Å². The molecular weight excluding hydrogens is 192 g/mol. The molecule has 0 aliphatic carbocycles. The first-order chi connectivity index (χ1) is 4.70. The molecule has 0 saturated carbocycles. The van der Waals surface area contributed by atoms with Gasteiger partial charge in [0.15, 0.2) is 0 Å². The topological polar surface area (TPSA) is 52.0 Å². The molecule has 58 valence electrons. The Morgan fingerprint density at radius 2 is 2.20 bits per heavy atom. The number of hydrogen-bond donors (Lipinski definition) is 2. The minimum atomic E-state index is 0.623. The van der Waals surface area contributed by atoms with Crippen LogP contribution >= 0.6 is 15.9 Å². The van der Waals surface area contributed by atoms with Crippen LogP contribution in [-0.2, 0) is 0 Å². The SMILES string of the molecule is CCCC(=C/N)/C=C(\N)Br. The summed E-state index contributed by atoms with van der Waals surface area (Å²) in [5.74, 6) is 0. The maximum Gasteiger partial charge on any atom is 0.0757 e. The fourth-order valence-corrected chi connectivity index (χ4v) is 0.963. The maximum atomic E-state index is 5.38. The largest absolute Gasteiger partial charge is 0.404 e. The Kier molecular flexibility index (Phi) is 5.12. The predicted octanol–water partition coefficient (Wildman–Crippen LogP) is 1.82. The second kappa shape index (κ2) is 5.35. The normalized spacial score (nSPS) is 13.8. The van der Waals surface area contributed by atoms with E-state index in [9.17, 15) is 0 Å². The van der Waals surface area contributed by atoms with Gasteiger partial charge in [-0.2, -0.15) is 0 Å². The van der Waals surface area contributed by atoms with Crippen LogP contribution in [0.25, 0.3) is 0 Å². The van der Waals surface area contributed by atoms with Crippen LogP contribution in [0.4, 0.5) is 0 Å². The highest BCUT2D eigenvalue weighted by Gasteiger charge is 1.89. The molecule has 0 spiro atoms. The van der Waals surface area contributed by atoms with Gasteiger partial charge >= 0.3 is 0 Å². The third-order valence-electron chi connectivity index (χ3n) is 1.08. The highest BCUT2D eigenvalue weighted by Crippen LogP contribution is 2.08. The quantitative estimate of drug-likeness (QED) is 0.545. The van der Waals surface area contributed by atoms with E-state index in [0.29, 0.717) is 4.61 Å². The van der Waals surface area contributed by atoms with Crippen LogP contribution in [0.5, 0.6) is 0 Å². The van der Waals surface area contributed by atoms with E-state index < -0.39 is 0 Å². The van der Waals surface area contributed by atoms with Gasteiger partial charge in [-0.3, -0.25) is 0 Å². The van der Waals surface area contributed by atoms with Gasteiger partial charge in [0.1, 0.15) is 0 Å². The van der Waals surface area contributed by atoms with Gasteiger partial charge in [0.25, 0.3) is 0 Å². The van der Waals surface area contributed by atoms with Gasteiger partial charge in [-0.25, -0.2) is 0 Å². The molecule has 4 N–H and O–H groups in total. The summed E-state index contributed by atoms with van der Waals surface area (Å²) in [6, 6.07) is 0. The summed E-state index contributed by atoms with van der Waals surface area (Å²) in [5.41, 5.74) is 11.8. The molecule has 0 rings (SSSR count). The van der Waals surface area contributed by atoms with Crippen LogP contribution in [0.15, 0.2) is 22.5 Å². The zero-order chi connectivity index (χ0) is 7.98. The zero-order valence-corrected chi connectivity index (χ0v) is 7.69. The molecule has 0 unspecified atom stereocenters. The van der Waals surface area contributed by atoms with E-state index >= 15 is 0 Å². The standard InChI is InChI=1S/C7H13BrN2/c1-2-3-6(5-9)4-7(8)10/h4-5H,2-3,9-10H2,1H3/b6-5-,7-4-. The predicted molar refractivity (Wildman–Crippen MR) is 48.4 cm³/mol. The van der Waals surface area contributed by atoms with E-state index in [0.717, 1.165) is 18.4 Å². The van der Waals surface area contributed by atoms with Gasteiger partial charge in [0.2, 0.25) is 0 Å². The Morgan fingerprint density at radius 1 is 1.60 bits per heavy atom. The summed E-state index contributed by atoms with van der Waals surface area (Å²) >= 11 is 3.13. The first-order valence-corrected chi connectivity index (χ1v) is 4.03. The second-order valence-electron chi connectivity index (χ2n) is 2.02. The van der Waals surface area contributed by atoms with Crippen molar-refractivity contribution in [3.8, 4) is 0 Å². The van der Waals surface area contributed by atoms with Gasteiger partial charge in [-0.1, -0.05) is 13.3 Å². The number of nitrogens with two attached hydrogens (primary N) is 2. The monoisotopic (exact) mass is 204 g/mol. The molecule has 0 fully saturated rings. The van der Waals surface area contributed by atoms with Crippen LogP contribution in [0.3, 0.4) is 0 Å². The van der Waals surface area contributed by atoms with Crippen molar-refractivity contribution in [1.29, 1.82) is 0 Å². The molecule has 2 nitrogen and oxygen atoms in total. The Bertz CT molecular complexity index is 146. The van der Waals surface area contributed by atoms with Crippen LogP contribution in [-0.4, -0.2) is 0 Å². The Balaban J connectivity index is 3.98. The van der Waals surface area contributed by atoms with E-state index in [1.807, 2.05) is 6.08 Å². The van der Waals surface area contributed by atoms with Crippen molar-refractivity contribution in [2.75, 3.05) is 0 Å². The summed E-state index contributed by atoms with van der Waals surface area (Å²) < 4.78 is 0.623. The first kappa shape index (κ1) is 9.56. The average Bonchev–Trinajstić information content (AvgIpc) is 1.86. The highest BCUT2D eigenvalue weighted by molar-refractivity contribution is 9.11. The summed E-state index contributed by atoms with van der Waals surface area (Å²) in [4.78, 5) is 0. The molecule has 0 aliphatic heterocycles. The molecule has 0 heterocycles. The number of allylic oxidation sites excluding steroid dienone is 2. The third kappa shape index (κ3) is 4.44. The molecule has 0 saturated heterocycles. The van der Waals surface area contributed by atoms with E-state index in [-0.39, 0.29) is 0 Å². The van der Waals surface area contributed by atoms with E-state index in [2.05, 4.69) is 22.9 Å². The molecule has 0 aromatic heterocycles. The molecule has 0 bridgehead atoms. The van der Waals surface area contributed by atoms with Crippen molar-refractivity contribution in [3.63, 3.8) is 0 Å². The fraction of sp³-hybridized carbons (Fsp3) is 0.429. The lowest BCUT2D eigenvalue weighted by molar-refractivity contribution is 0.922. The second-order valence-corrected chi connectivity index (χ2v) is 2.94. The molecular formula is C7H13BrN2. The van der Waals surface area contributed by atoms with Crippen LogP contribution in [0.1, 0.15) is 19.8 Å². The Hall–Kier alpha value is -0.440. The molecule has 0 aromatic rings. The number of hydrogen-bond acceptors (Lipinski definition) is 2. The van der Waals surface area contributed by atoms with Gasteiger partial charge in [0, 0.05) is 0 Å². The fourth-order valence-electron chi connectivity index (χ4n) is 0.669. The summed E-state index contributed by atoms with van der Waals surface area (Å²) in [6.07, 6.45) is 5.46. The molecule has 3 heteroatoms. The Morgan fingerprint density at radius 3 is 2.50 bits per heavy atom. The number of rotatable bonds is 3. The van der Waals surface area contributed by atoms with Crippen LogP contribution in [0.2, 0.25) is 0 Å². The molecule has 0 aromatic carbocycles. The zero-order valence-electron chi connectivity index (χ0n) is 6.10. The maximum absolute atomic E-state index is 5.38. The lowest BCUT2D eigenvalue weighted by Crippen LogP contribution is -1.91. The van der Waals surface area contributed by atoms with E-state index in [1.165, 1.54) is 0 Å². The van der Waals surface area contributed by atoms with Crippen LogP contribution in [0, 0.1) is 0 Å². The highest BCUT2D eigenvalue weighted by atomic mass is 79.9. The summed E-state index contributed by atoms with van der Waals surface area (Å²) in [5, 5.41) is 0. The smallest absolute Gasteiger partial charge is 0.0757 e. The van der Waals surface area contributed by atoms with Gasteiger partial charge in [-0.15, -0.1) is 0 Å². The third-order valence-corrected chi connectivity index (χ3v) is 1.30. The van der Waals surface area contributed by atoms with Crippen molar-refractivity contribution in [2.45, 2.75) is 19.8 Å². The first-order valence-electron chi connectivity index (χ1n) is 3.24. The average molecular weight is 205 g/mol. The summed E-state index contributed by atoms with van der Waals surface area (Å²) in [7, 11) is 0. The lowest BCUT2D eigenvalue weighted by atomic mass is 10.2. The Labute approximate surface area is 70.1 Å². The summed E-state index contributed by atoms with van der Waals surface area (Å²) in [6.45, 7) is 2.10. The number of halogens is 1. The van der Waals surface area contributed by atoms with Gasteiger partial charge in [-0.05, 0) is 40.2 Å². The van der Waals surface area contributed by atoms with Gasteiger partial charge < -0.3 is 11.5 Å². The van der Waals surface area contributed by atoms with Crippen molar-refractivity contribution in [3.05, 3.63) is 22.5 Å². The molecule has 10 heavy (non-hydrogen) atoms. The minimum Gasteiger partial charge on any atom is -0.404 e. The van der Waals surface area contributed by atoms with Crippen molar-refractivity contribution in [1.82, 2.24) is 0 Å². The van der Waals surface area contributed by atoms with Crippen molar-refractivity contribution in [2.24, 2.45) is 11.5 Å². The molecule has 0 amide bonds. The molecule has 0 aliphatic rings. The van der Waals surface area contributed by atoms with Gasteiger partial charge in [0.05, 0.1) is 4.61 Å².